The molecule has 0 saturated heterocycles. The molecule has 0 atom stereocenters. The fourth-order valence-electron chi connectivity index (χ4n) is 5.33. The van der Waals surface area contributed by atoms with Crippen molar-refractivity contribution in [1.82, 2.24) is 8.87 Å². The molecule has 6 heteroatoms. The van der Waals surface area contributed by atoms with Crippen molar-refractivity contribution < 1.29 is 13.2 Å². The van der Waals surface area contributed by atoms with Gasteiger partial charge in [0, 0.05) is 41.8 Å². The standard InChI is InChI=1S/C32H36N2O3S/c1-23-31(29-8-6-7-9-30(29)34(23)22-24-10-14-27(37-5)15-11-24)25-18-20-33(21-19-25)38(35,36)28-16-12-26(13-17-28)32(2,3)4/h6-18H,19-22H2,1-5H3. The molecular weight excluding hydrogens is 492 g/mol. The summed E-state index contributed by atoms with van der Waals surface area (Å²) in [7, 11) is -1.87. The summed E-state index contributed by atoms with van der Waals surface area (Å²) in [5.41, 5.74) is 7.12. The SMILES string of the molecule is COc1ccc(Cn2c(C)c(C3=CCN(S(=O)(=O)c4ccc(C(C)(C)C)cc4)CC3)c3ccccc32)cc1. The highest BCUT2D eigenvalue weighted by Gasteiger charge is 2.28. The van der Waals surface area contributed by atoms with Gasteiger partial charge in [-0.15, -0.1) is 0 Å². The van der Waals surface area contributed by atoms with Crippen molar-refractivity contribution in [3.63, 3.8) is 0 Å². The number of benzene rings is 3. The van der Waals surface area contributed by atoms with Gasteiger partial charge in [-0.25, -0.2) is 8.42 Å². The van der Waals surface area contributed by atoms with Gasteiger partial charge < -0.3 is 9.30 Å². The molecule has 198 valence electrons. The third-order valence-electron chi connectivity index (χ3n) is 7.58. The summed E-state index contributed by atoms with van der Waals surface area (Å²) >= 11 is 0. The lowest BCUT2D eigenvalue weighted by atomic mass is 9.87. The summed E-state index contributed by atoms with van der Waals surface area (Å²) < 4.78 is 36.1. The predicted molar refractivity (Wildman–Crippen MR) is 155 cm³/mol. The van der Waals surface area contributed by atoms with E-state index in [4.69, 9.17) is 4.74 Å². The molecule has 0 bridgehead atoms. The van der Waals surface area contributed by atoms with Crippen molar-refractivity contribution >= 4 is 26.5 Å². The summed E-state index contributed by atoms with van der Waals surface area (Å²) in [6.07, 6.45) is 2.77. The Morgan fingerprint density at radius 3 is 2.21 bits per heavy atom. The molecule has 5 nitrogen and oxygen atoms in total. The number of para-hydroxylation sites is 1. The third-order valence-corrected chi connectivity index (χ3v) is 9.46. The minimum absolute atomic E-state index is 0.0184. The molecule has 0 spiro atoms. The summed E-state index contributed by atoms with van der Waals surface area (Å²) in [5.74, 6) is 0.848. The van der Waals surface area contributed by atoms with Crippen molar-refractivity contribution in [1.29, 1.82) is 0 Å². The molecule has 1 aliphatic heterocycles. The molecule has 1 aromatic heterocycles. The molecule has 0 fully saturated rings. The lowest BCUT2D eigenvalue weighted by Gasteiger charge is -2.27. The first-order valence-corrected chi connectivity index (χ1v) is 14.5. The minimum atomic E-state index is -3.55. The summed E-state index contributed by atoms with van der Waals surface area (Å²) in [5, 5.41) is 1.21. The van der Waals surface area contributed by atoms with Crippen LogP contribution in [0.4, 0.5) is 0 Å². The van der Waals surface area contributed by atoms with Crippen molar-refractivity contribution in [3.05, 3.63) is 101 Å². The van der Waals surface area contributed by atoms with Gasteiger partial charge in [0.25, 0.3) is 0 Å². The van der Waals surface area contributed by atoms with E-state index in [1.165, 1.54) is 33.3 Å². The number of ether oxygens (including phenoxy) is 1. The maximum Gasteiger partial charge on any atom is 0.243 e. The first-order valence-electron chi connectivity index (χ1n) is 13.1. The van der Waals surface area contributed by atoms with Gasteiger partial charge in [0.05, 0.1) is 12.0 Å². The van der Waals surface area contributed by atoms with Gasteiger partial charge in [-0.05, 0) is 65.8 Å². The summed E-state index contributed by atoms with van der Waals surface area (Å²) in [4.78, 5) is 0.356. The van der Waals surface area contributed by atoms with E-state index in [1.54, 1.807) is 23.5 Å². The zero-order chi connectivity index (χ0) is 27.1. The van der Waals surface area contributed by atoms with E-state index in [0.717, 1.165) is 17.9 Å². The molecule has 0 amide bonds. The number of rotatable bonds is 6. The number of nitrogens with zero attached hydrogens (tertiary/aromatic N) is 2. The number of methoxy groups -OCH3 is 1. The second-order valence-corrected chi connectivity index (χ2v) is 13.0. The van der Waals surface area contributed by atoms with Gasteiger partial charge >= 0.3 is 0 Å². The molecule has 0 N–H and O–H groups in total. The predicted octanol–water partition coefficient (Wildman–Crippen LogP) is 6.78. The van der Waals surface area contributed by atoms with Crippen LogP contribution in [-0.2, 0) is 22.0 Å². The molecule has 2 heterocycles. The number of hydrogen-bond donors (Lipinski definition) is 0. The van der Waals surface area contributed by atoms with Crippen LogP contribution in [0.1, 0.15) is 49.6 Å². The normalized spacial score (nSPS) is 15.0. The largest absolute Gasteiger partial charge is 0.497 e. The zero-order valence-electron chi connectivity index (χ0n) is 22.9. The summed E-state index contributed by atoms with van der Waals surface area (Å²) in [6.45, 7) is 10.1. The molecule has 0 aliphatic carbocycles. The lowest BCUT2D eigenvalue weighted by molar-refractivity contribution is 0.414. The number of sulfonamides is 1. The number of aromatic nitrogens is 1. The molecule has 38 heavy (non-hydrogen) atoms. The van der Waals surface area contributed by atoms with Crippen molar-refractivity contribution in [2.45, 2.75) is 51.0 Å². The lowest BCUT2D eigenvalue weighted by Crippen LogP contribution is -2.34. The third kappa shape index (κ3) is 4.91. The highest BCUT2D eigenvalue weighted by molar-refractivity contribution is 7.89. The van der Waals surface area contributed by atoms with Gasteiger partial charge in [-0.1, -0.05) is 69.3 Å². The van der Waals surface area contributed by atoms with Crippen LogP contribution in [0.25, 0.3) is 16.5 Å². The molecule has 4 aromatic rings. The van der Waals surface area contributed by atoms with Crippen LogP contribution < -0.4 is 4.74 Å². The Morgan fingerprint density at radius 1 is 0.921 bits per heavy atom. The molecule has 0 unspecified atom stereocenters. The minimum Gasteiger partial charge on any atom is -0.497 e. The van der Waals surface area contributed by atoms with Gasteiger partial charge in [0.15, 0.2) is 0 Å². The fourth-order valence-corrected chi connectivity index (χ4v) is 6.71. The molecular formula is C32H36N2O3S. The van der Waals surface area contributed by atoms with E-state index < -0.39 is 10.0 Å². The zero-order valence-corrected chi connectivity index (χ0v) is 23.7. The first kappa shape index (κ1) is 26.3. The van der Waals surface area contributed by atoms with Crippen LogP contribution in [0, 0.1) is 6.92 Å². The smallest absolute Gasteiger partial charge is 0.243 e. The van der Waals surface area contributed by atoms with Crippen LogP contribution in [-0.4, -0.2) is 37.5 Å². The van der Waals surface area contributed by atoms with Crippen LogP contribution in [0.2, 0.25) is 0 Å². The summed E-state index contributed by atoms with van der Waals surface area (Å²) in [6, 6.07) is 24.0. The van der Waals surface area contributed by atoms with Crippen LogP contribution in [0.15, 0.2) is 83.8 Å². The van der Waals surface area contributed by atoms with Crippen LogP contribution >= 0.6 is 0 Å². The average Bonchev–Trinajstić information content (AvgIpc) is 3.19. The highest BCUT2D eigenvalue weighted by atomic mass is 32.2. The number of fused-ring (bicyclic) bond motifs is 1. The van der Waals surface area contributed by atoms with Crippen molar-refractivity contribution in [2.24, 2.45) is 0 Å². The quantitative estimate of drug-likeness (QED) is 0.277. The van der Waals surface area contributed by atoms with Crippen LogP contribution in [0.3, 0.4) is 0 Å². The molecule has 5 rings (SSSR count). The Kier molecular flexibility index (Phi) is 6.97. The van der Waals surface area contributed by atoms with Crippen molar-refractivity contribution in [2.75, 3.05) is 20.2 Å². The molecule has 1 aliphatic rings. The van der Waals surface area contributed by atoms with E-state index in [-0.39, 0.29) is 5.41 Å². The maximum absolute atomic E-state index is 13.4. The Labute approximate surface area is 226 Å². The molecule has 3 aromatic carbocycles. The maximum atomic E-state index is 13.4. The van der Waals surface area contributed by atoms with Gasteiger partial charge in [-0.3, -0.25) is 0 Å². The van der Waals surface area contributed by atoms with E-state index >= 15 is 0 Å². The second-order valence-electron chi connectivity index (χ2n) is 11.0. The molecule has 0 saturated carbocycles. The molecule has 0 radical (unpaired) electrons. The topological polar surface area (TPSA) is 51.5 Å². The Morgan fingerprint density at radius 2 is 1.61 bits per heavy atom. The monoisotopic (exact) mass is 528 g/mol. The van der Waals surface area contributed by atoms with Crippen LogP contribution in [0.5, 0.6) is 5.75 Å². The van der Waals surface area contributed by atoms with E-state index in [2.05, 4.69) is 74.7 Å². The second kappa shape index (κ2) is 10.1. The highest BCUT2D eigenvalue weighted by Crippen LogP contribution is 2.36. The van der Waals surface area contributed by atoms with E-state index in [9.17, 15) is 8.42 Å². The Bertz CT molecular complexity index is 1590. The van der Waals surface area contributed by atoms with E-state index in [1.807, 2.05) is 24.3 Å². The Hall–Kier alpha value is -3.35. The van der Waals surface area contributed by atoms with Gasteiger partial charge in [0.1, 0.15) is 5.75 Å². The van der Waals surface area contributed by atoms with Gasteiger partial charge in [-0.2, -0.15) is 4.31 Å². The fraction of sp³-hybridized carbons (Fsp3) is 0.312. The van der Waals surface area contributed by atoms with Crippen molar-refractivity contribution in [3.8, 4) is 5.75 Å². The van der Waals surface area contributed by atoms with Gasteiger partial charge in [0.2, 0.25) is 10.0 Å². The first-order chi connectivity index (χ1) is 18.1. The average molecular weight is 529 g/mol. The number of hydrogen-bond acceptors (Lipinski definition) is 3. The Balaban J connectivity index is 1.43. The van der Waals surface area contributed by atoms with E-state index in [0.29, 0.717) is 24.4 Å².